The molecule has 7 nitrogen and oxygen atoms in total. The average molecular weight is 358 g/mol. The van der Waals surface area contributed by atoms with Crippen LogP contribution in [0.25, 0.3) is 10.6 Å². The van der Waals surface area contributed by atoms with E-state index in [1.165, 1.54) is 11.3 Å². The summed E-state index contributed by atoms with van der Waals surface area (Å²) in [7, 11) is 0. The van der Waals surface area contributed by atoms with Crippen molar-refractivity contribution in [1.29, 1.82) is 0 Å². The van der Waals surface area contributed by atoms with Crippen molar-refractivity contribution >= 4 is 29.1 Å². The number of nitrogens with one attached hydrogen (secondary N) is 3. The first-order valence-electron chi connectivity index (χ1n) is 7.94. The molecule has 2 heterocycles. The minimum Gasteiger partial charge on any atom is -0.355 e. The zero-order valence-corrected chi connectivity index (χ0v) is 14.5. The Morgan fingerprint density at radius 2 is 2.00 bits per heavy atom. The van der Waals surface area contributed by atoms with Crippen molar-refractivity contribution in [1.82, 2.24) is 21.2 Å². The predicted molar refractivity (Wildman–Crippen MR) is 93.6 cm³/mol. The van der Waals surface area contributed by atoms with E-state index in [9.17, 15) is 14.4 Å². The number of hydrazine groups is 1. The molecule has 0 bridgehead atoms. The molecule has 1 saturated heterocycles. The van der Waals surface area contributed by atoms with Crippen LogP contribution >= 0.6 is 11.3 Å². The summed E-state index contributed by atoms with van der Waals surface area (Å²) in [4.78, 5) is 40.4. The molecule has 0 aliphatic carbocycles. The highest BCUT2D eigenvalue weighted by atomic mass is 32.1. The third-order valence-electron chi connectivity index (χ3n) is 3.96. The SMILES string of the molecule is Cc1nc(-c2ccccc2)sc1C(=O)NNC(=O)[C@H]1CCC(=O)NC1. The van der Waals surface area contributed by atoms with Gasteiger partial charge in [-0.25, -0.2) is 4.98 Å². The fraction of sp³-hybridized carbons (Fsp3) is 0.294. The molecule has 25 heavy (non-hydrogen) atoms. The summed E-state index contributed by atoms with van der Waals surface area (Å²) in [6.07, 6.45) is 0.797. The fourth-order valence-electron chi connectivity index (χ4n) is 2.55. The number of nitrogens with zero attached hydrogens (tertiary/aromatic N) is 1. The van der Waals surface area contributed by atoms with Gasteiger partial charge in [0.1, 0.15) is 9.88 Å². The largest absolute Gasteiger partial charge is 0.355 e. The average Bonchev–Trinajstić information content (AvgIpc) is 3.02. The Balaban J connectivity index is 1.61. The second-order valence-electron chi connectivity index (χ2n) is 5.78. The van der Waals surface area contributed by atoms with E-state index in [1.54, 1.807) is 6.92 Å². The molecule has 0 spiro atoms. The van der Waals surface area contributed by atoms with E-state index in [0.29, 0.717) is 23.4 Å². The molecule has 1 aliphatic heterocycles. The van der Waals surface area contributed by atoms with Gasteiger partial charge < -0.3 is 5.32 Å². The molecule has 130 valence electrons. The Morgan fingerprint density at radius 1 is 1.24 bits per heavy atom. The maximum Gasteiger partial charge on any atom is 0.281 e. The summed E-state index contributed by atoms with van der Waals surface area (Å²) in [5.41, 5.74) is 6.42. The van der Waals surface area contributed by atoms with Crippen LogP contribution in [0.15, 0.2) is 30.3 Å². The molecule has 8 heteroatoms. The number of rotatable bonds is 3. The van der Waals surface area contributed by atoms with Gasteiger partial charge in [-0.1, -0.05) is 30.3 Å². The van der Waals surface area contributed by atoms with Crippen LogP contribution in [0.5, 0.6) is 0 Å². The lowest BCUT2D eigenvalue weighted by Gasteiger charge is -2.21. The molecule has 3 rings (SSSR count). The van der Waals surface area contributed by atoms with E-state index in [0.717, 1.165) is 10.6 Å². The van der Waals surface area contributed by atoms with E-state index in [1.807, 2.05) is 30.3 Å². The minimum absolute atomic E-state index is 0.0539. The quantitative estimate of drug-likeness (QED) is 0.722. The van der Waals surface area contributed by atoms with Gasteiger partial charge in [-0.05, 0) is 13.3 Å². The number of hydrogen-bond acceptors (Lipinski definition) is 5. The van der Waals surface area contributed by atoms with E-state index in [2.05, 4.69) is 21.2 Å². The number of hydrogen-bond donors (Lipinski definition) is 3. The smallest absolute Gasteiger partial charge is 0.281 e. The highest BCUT2D eigenvalue weighted by molar-refractivity contribution is 7.17. The number of aryl methyl sites for hydroxylation is 1. The minimum atomic E-state index is -0.398. The normalized spacial score (nSPS) is 16.8. The van der Waals surface area contributed by atoms with Crippen molar-refractivity contribution in [3.8, 4) is 10.6 Å². The number of piperidine rings is 1. The van der Waals surface area contributed by atoms with Crippen LogP contribution < -0.4 is 16.2 Å². The molecular formula is C17H18N4O3S. The molecule has 0 radical (unpaired) electrons. The van der Waals surface area contributed by atoms with Crippen molar-refractivity contribution in [3.05, 3.63) is 40.9 Å². The number of amides is 3. The second kappa shape index (κ2) is 7.43. The molecule has 1 aliphatic rings. The van der Waals surface area contributed by atoms with Gasteiger partial charge in [0.15, 0.2) is 0 Å². The van der Waals surface area contributed by atoms with Crippen LogP contribution in [0.3, 0.4) is 0 Å². The van der Waals surface area contributed by atoms with Crippen LogP contribution in [-0.4, -0.2) is 29.3 Å². The van der Waals surface area contributed by atoms with Crippen molar-refractivity contribution in [3.63, 3.8) is 0 Å². The third-order valence-corrected chi connectivity index (χ3v) is 5.16. The summed E-state index contributed by atoms with van der Waals surface area (Å²) >= 11 is 1.28. The third kappa shape index (κ3) is 4.03. The first kappa shape index (κ1) is 17.1. The highest BCUT2D eigenvalue weighted by Gasteiger charge is 2.25. The van der Waals surface area contributed by atoms with E-state index >= 15 is 0 Å². The maximum absolute atomic E-state index is 12.3. The van der Waals surface area contributed by atoms with Gasteiger partial charge in [-0.2, -0.15) is 0 Å². The van der Waals surface area contributed by atoms with Crippen LogP contribution in [-0.2, 0) is 9.59 Å². The second-order valence-corrected chi connectivity index (χ2v) is 6.78. The van der Waals surface area contributed by atoms with Crippen molar-refractivity contribution in [2.75, 3.05) is 6.54 Å². The zero-order chi connectivity index (χ0) is 17.8. The van der Waals surface area contributed by atoms with Crippen LogP contribution in [0.1, 0.15) is 28.2 Å². The first-order chi connectivity index (χ1) is 12.0. The van der Waals surface area contributed by atoms with Gasteiger partial charge in [-0.3, -0.25) is 25.2 Å². The van der Waals surface area contributed by atoms with E-state index in [4.69, 9.17) is 0 Å². The topological polar surface area (TPSA) is 100 Å². The van der Waals surface area contributed by atoms with Gasteiger partial charge >= 0.3 is 0 Å². The van der Waals surface area contributed by atoms with E-state index in [-0.39, 0.29) is 24.3 Å². The molecule has 0 saturated carbocycles. The molecule has 3 N–H and O–H groups in total. The summed E-state index contributed by atoms with van der Waals surface area (Å²) in [5.74, 6) is -1.09. The van der Waals surface area contributed by atoms with Crippen LogP contribution in [0.2, 0.25) is 0 Å². The molecule has 1 fully saturated rings. The number of thiazole rings is 1. The van der Waals surface area contributed by atoms with Gasteiger partial charge in [0.2, 0.25) is 11.8 Å². The standard InChI is InChI=1S/C17H18N4O3S/c1-10-14(25-17(19-10)11-5-3-2-4-6-11)16(24)21-20-15(23)12-7-8-13(22)18-9-12/h2-6,12H,7-9H2,1H3,(H,18,22)(H,20,23)(H,21,24)/t12-/m0/s1. The predicted octanol–water partition coefficient (Wildman–Crippen LogP) is 1.41. The molecule has 1 aromatic heterocycles. The Kier molecular flexibility index (Phi) is 5.08. The van der Waals surface area contributed by atoms with Gasteiger partial charge in [0.05, 0.1) is 11.6 Å². The van der Waals surface area contributed by atoms with Crippen LogP contribution in [0, 0.1) is 12.8 Å². The van der Waals surface area contributed by atoms with Crippen molar-refractivity contribution < 1.29 is 14.4 Å². The maximum atomic E-state index is 12.3. The molecule has 1 atom stereocenters. The fourth-order valence-corrected chi connectivity index (χ4v) is 3.51. The number of carbonyl (C=O) groups is 3. The Labute approximate surface area is 148 Å². The van der Waals surface area contributed by atoms with E-state index < -0.39 is 5.91 Å². The Bertz CT molecular complexity index is 793. The zero-order valence-electron chi connectivity index (χ0n) is 13.7. The van der Waals surface area contributed by atoms with Crippen molar-refractivity contribution in [2.45, 2.75) is 19.8 Å². The molecule has 0 unspecified atom stereocenters. The van der Waals surface area contributed by atoms with Gasteiger partial charge in [0.25, 0.3) is 5.91 Å². The monoisotopic (exact) mass is 358 g/mol. The number of benzene rings is 1. The lowest BCUT2D eigenvalue weighted by atomic mass is 9.99. The Morgan fingerprint density at radius 3 is 2.68 bits per heavy atom. The summed E-state index contributed by atoms with van der Waals surface area (Å²) in [5, 5.41) is 3.40. The number of carbonyl (C=O) groups excluding carboxylic acids is 3. The Hall–Kier alpha value is -2.74. The molecular weight excluding hydrogens is 340 g/mol. The number of aromatic nitrogens is 1. The molecule has 2 aromatic rings. The summed E-state index contributed by atoms with van der Waals surface area (Å²) in [6.45, 7) is 2.05. The summed E-state index contributed by atoms with van der Waals surface area (Å²) < 4.78 is 0. The van der Waals surface area contributed by atoms with Crippen LogP contribution in [0.4, 0.5) is 0 Å². The molecule has 1 aromatic carbocycles. The van der Waals surface area contributed by atoms with Gasteiger partial charge in [0, 0.05) is 18.5 Å². The van der Waals surface area contributed by atoms with Gasteiger partial charge in [-0.15, -0.1) is 11.3 Å². The first-order valence-corrected chi connectivity index (χ1v) is 8.76. The lowest BCUT2D eigenvalue weighted by molar-refractivity contribution is -0.129. The molecule has 3 amide bonds. The van der Waals surface area contributed by atoms with Crippen molar-refractivity contribution in [2.24, 2.45) is 5.92 Å². The highest BCUT2D eigenvalue weighted by Crippen LogP contribution is 2.27. The lowest BCUT2D eigenvalue weighted by Crippen LogP contribution is -2.49. The summed E-state index contributed by atoms with van der Waals surface area (Å²) in [6, 6.07) is 9.60.